The summed E-state index contributed by atoms with van der Waals surface area (Å²) in [4.78, 5) is 24.4. The molecule has 0 aromatic carbocycles. The summed E-state index contributed by atoms with van der Waals surface area (Å²) in [5, 5.41) is 22.9. The number of rotatable bonds is 47. The van der Waals surface area contributed by atoms with E-state index in [9.17, 15) is 19.8 Å². The van der Waals surface area contributed by atoms with Crippen LogP contribution in [0.1, 0.15) is 264 Å². The number of allylic oxidation sites excluding steroid dienone is 5. The number of nitrogens with one attached hydrogen (secondary N) is 1. The van der Waals surface area contributed by atoms with Crippen LogP contribution in [0.25, 0.3) is 0 Å². The van der Waals surface area contributed by atoms with Crippen LogP contribution in [-0.2, 0) is 14.3 Å². The molecule has 0 bridgehead atoms. The van der Waals surface area contributed by atoms with E-state index in [2.05, 4.69) is 43.5 Å². The van der Waals surface area contributed by atoms with Gasteiger partial charge in [-0.1, -0.05) is 198 Å². The van der Waals surface area contributed by atoms with Gasteiger partial charge in [0.2, 0.25) is 5.91 Å². The second-order valence-corrected chi connectivity index (χ2v) is 17.5. The predicted octanol–water partition coefficient (Wildman–Crippen LogP) is 15.3. The lowest BCUT2D eigenvalue weighted by Gasteiger charge is -2.20. The number of esters is 1. The zero-order valence-electron chi connectivity index (χ0n) is 39.2. The molecule has 59 heavy (non-hydrogen) atoms. The summed E-state index contributed by atoms with van der Waals surface area (Å²) in [6.45, 7) is 4.82. The third kappa shape index (κ3) is 45.4. The van der Waals surface area contributed by atoms with Crippen LogP contribution in [0.5, 0.6) is 0 Å². The third-order valence-corrected chi connectivity index (χ3v) is 11.6. The van der Waals surface area contributed by atoms with E-state index in [4.69, 9.17) is 4.74 Å². The second kappa shape index (κ2) is 48.7. The van der Waals surface area contributed by atoms with Crippen molar-refractivity contribution in [2.45, 2.75) is 276 Å². The third-order valence-electron chi connectivity index (χ3n) is 11.6. The number of amides is 1. The number of aliphatic hydroxyl groups is 2. The molecule has 0 fully saturated rings. The van der Waals surface area contributed by atoms with E-state index in [0.717, 1.165) is 83.5 Å². The first-order valence-electron chi connectivity index (χ1n) is 25.8. The van der Waals surface area contributed by atoms with Gasteiger partial charge in [-0.3, -0.25) is 9.59 Å². The average molecular weight is 830 g/mol. The van der Waals surface area contributed by atoms with Gasteiger partial charge < -0.3 is 20.3 Å². The Hall–Kier alpha value is -1.92. The molecule has 0 heterocycles. The van der Waals surface area contributed by atoms with E-state index in [-0.39, 0.29) is 18.5 Å². The standard InChI is InChI=1S/C53H99NO5/c1-3-5-7-9-11-13-15-16-17-18-19-20-21-22-27-31-35-39-43-47-53(58)59-48-44-40-36-32-28-24-23-26-30-34-38-42-46-52(57)54-50(49-55)51(56)45-41-37-33-29-25-14-12-10-8-6-4-2/h16-17,24,28,41,45,50-51,55-56H,3-15,18-23,25-27,29-40,42-44,46-49H2,1-2H3,(H,54,57)/b17-16-,28-24-,45-41+. The molecule has 0 saturated carbocycles. The molecular formula is C53H99NO5. The van der Waals surface area contributed by atoms with Crippen LogP contribution in [0.4, 0.5) is 0 Å². The fourth-order valence-electron chi connectivity index (χ4n) is 7.62. The highest BCUT2D eigenvalue weighted by Crippen LogP contribution is 2.15. The van der Waals surface area contributed by atoms with Crippen molar-refractivity contribution in [2.24, 2.45) is 0 Å². The number of carbonyl (C=O) groups is 2. The van der Waals surface area contributed by atoms with E-state index < -0.39 is 12.1 Å². The van der Waals surface area contributed by atoms with Gasteiger partial charge >= 0.3 is 5.97 Å². The molecule has 0 aliphatic rings. The van der Waals surface area contributed by atoms with Gasteiger partial charge in [0.15, 0.2) is 0 Å². The molecule has 0 aliphatic heterocycles. The van der Waals surface area contributed by atoms with Crippen LogP contribution in [-0.4, -0.2) is 47.4 Å². The lowest BCUT2D eigenvalue weighted by molar-refractivity contribution is -0.143. The topological polar surface area (TPSA) is 95.9 Å². The zero-order chi connectivity index (χ0) is 43.0. The van der Waals surface area contributed by atoms with E-state index >= 15 is 0 Å². The second-order valence-electron chi connectivity index (χ2n) is 17.5. The summed E-state index contributed by atoms with van der Waals surface area (Å²) >= 11 is 0. The van der Waals surface area contributed by atoms with Gasteiger partial charge in [0.1, 0.15) is 0 Å². The summed E-state index contributed by atoms with van der Waals surface area (Å²) in [5.41, 5.74) is 0. The van der Waals surface area contributed by atoms with E-state index in [1.807, 2.05) is 6.08 Å². The van der Waals surface area contributed by atoms with Crippen molar-refractivity contribution in [1.82, 2.24) is 5.32 Å². The molecule has 6 nitrogen and oxygen atoms in total. The highest BCUT2D eigenvalue weighted by molar-refractivity contribution is 5.76. The number of aliphatic hydroxyl groups excluding tert-OH is 2. The Morgan fingerprint density at radius 1 is 0.458 bits per heavy atom. The van der Waals surface area contributed by atoms with Gasteiger partial charge in [0, 0.05) is 12.8 Å². The van der Waals surface area contributed by atoms with Crippen LogP contribution in [0.3, 0.4) is 0 Å². The Morgan fingerprint density at radius 2 is 0.797 bits per heavy atom. The average Bonchev–Trinajstić information content (AvgIpc) is 3.24. The van der Waals surface area contributed by atoms with Crippen molar-refractivity contribution in [3.05, 3.63) is 36.5 Å². The Labute approximate surface area is 366 Å². The maximum absolute atomic E-state index is 12.4. The van der Waals surface area contributed by atoms with Gasteiger partial charge in [-0.15, -0.1) is 0 Å². The predicted molar refractivity (Wildman–Crippen MR) is 255 cm³/mol. The summed E-state index contributed by atoms with van der Waals surface area (Å²) in [7, 11) is 0. The minimum atomic E-state index is -0.859. The molecule has 0 aliphatic carbocycles. The lowest BCUT2D eigenvalue weighted by Crippen LogP contribution is -2.45. The minimum absolute atomic E-state index is 0.0257. The van der Waals surface area contributed by atoms with Crippen LogP contribution < -0.4 is 5.32 Å². The highest BCUT2D eigenvalue weighted by Gasteiger charge is 2.18. The van der Waals surface area contributed by atoms with Crippen molar-refractivity contribution in [2.75, 3.05) is 13.2 Å². The number of unbranched alkanes of at least 4 members (excludes halogenated alkanes) is 32. The van der Waals surface area contributed by atoms with Gasteiger partial charge in [0.05, 0.1) is 25.4 Å². The summed E-state index contributed by atoms with van der Waals surface area (Å²) in [6.07, 6.45) is 58.6. The molecule has 0 spiro atoms. The molecule has 0 saturated heterocycles. The minimum Gasteiger partial charge on any atom is -0.466 e. The van der Waals surface area contributed by atoms with E-state index in [0.29, 0.717) is 19.4 Å². The molecule has 0 aromatic heterocycles. The molecule has 2 unspecified atom stereocenters. The highest BCUT2D eigenvalue weighted by atomic mass is 16.5. The van der Waals surface area contributed by atoms with Gasteiger partial charge in [-0.25, -0.2) is 0 Å². The lowest BCUT2D eigenvalue weighted by atomic mass is 10.1. The molecule has 2 atom stereocenters. The fraction of sp³-hybridized carbons (Fsp3) is 0.849. The summed E-state index contributed by atoms with van der Waals surface area (Å²) < 4.78 is 5.45. The number of ether oxygens (including phenoxy) is 1. The Kier molecular flexibility index (Phi) is 47.2. The first-order chi connectivity index (χ1) is 29.0. The molecule has 6 heteroatoms. The van der Waals surface area contributed by atoms with Crippen molar-refractivity contribution < 1.29 is 24.5 Å². The maximum atomic E-state index is 12.4. The van der Waals surface area contributed by atoms with Gasteiger partial charge in [-0.05, 0) is 89.9 Å². The van der Waals surface area contributed by atoms with Crippen LogP contribution in [0.15, 0.2) is 36.5 Å². The van der Waals surface area contributed by atoms with Crippen LogP contribution >= 0.6 is 0 Å². The molecule has 0 aromatic rings. The molecular weight excluding hydrogens is 731 g/mol. The van der Waals surface area contributed by atoms with Crippen molar-refractivity contribution >= 4 is 11.9 Å². The summed E-state index contributed by atoms with van der Waals surface area (Å²) in [6, 6.07) is -0.645. The fourth-order valence-corrected chi connectivity index (χ4v) is 7.62. The van der Waals surface area contributed by atoms with Gasteiger partial charge in [-0.2, -0.15) is 0 Å². The Bertz CT molecular complexity index is 962. The van der Waals surface area contributed by atoms with Crippen molar-refractivity contribution in [1.29, 1.82) is 0 Å². The zero-order valence-corrected chi connectivity index (χ0v) is 39.2. The number of carbonyl (C=O) groups excluding carboxylic acids is 2. The SMILES string of the molecule is CCCCCCCC/C=C\CCCCCCCCCCCC(=O)OCCCCC/C=C\CCCCCCCC(=O)NC(CO)C(O)/C=C/CCCCCCCCCCC. The number of hydrogen-bond acceptors (Lipinski definition) is 5. The summed E-state index contributed by atoms with van der Waals surface area (Å²) in [5.74, 6) is -0.122. The van der Waals surface area contributed by atoms with Crippen molar-refractivity contribution in [3.63, 3.8) is 0 Å². The van der Waals surface area contributed by atoms with Crippen LogP contribution in [0.2, 0.25) is 0 Å². The Morgan fingerprint density at radius 3 is 1.20 bits per heavy atom. The molecule has 346 valence electrons. The van der Waals surface area contributed by atoms with Crippen LogP contribution in [0, 0.1) is 0 Å². The largest absolute Gasteiger partial charge is 0.466 e. The smallest absolute Gasteiger partial charge is 0.305 e. The van der Waals surface area contributed by atoms with Crippen molar-refractivity contribution in [3.8, 4) is 0 Å². The normalized spacial score (nSPS) is 12.9. The molecule has 3 N–H and O–H groups in total. The molecule has 1 amide bonds. The first-order valence-corrected chi connectivity index (χ1v) is 25.8. The first kappa shape index (κ1) is 57.1. The number of hydrogen-bond donors (Lipinski definition) is 3. The quantitative estimate of drug-likeness (QED) is 0.0323. The van der Waals surface area contributed by atoms with Gasteiger partial charge in [0.25, 0.3) is 0 Å². The van der Waals surface area contributed by atoms with E-state index in [1.165, 1.54) is 154 Å². The van der Waals surface area contributed by atoms with E-state index in [1.54, 1.807) is 6.08 Å². The molecule has 0 radical (unpaired) electrons. The maximum Gasteiger partial charge on any atom is 0.305 e. The monoisotopic (exact) mass is 830 g/mol. The Balaban J connectivity index is 3.50. The molecule has 0 rings (SSSR count).